The number of hydrogen-bond acceptors (Lipinski definition) is 3. The highest BCUT2D eigenvalue weighted by Gasteiger charge is 2.36. The number of aromatic nitrogens is 1. The SMILES string of the molecule is Cc1ccc(C(=O)NC(CC(F)(F)F)C(=O)O)cn1. The molecule has 1 unspecified atom stereocenters. The number of halogens is 3. The number of amides is 1. The summed E-state index contributed by atoms with van der Waals surface area (Å²) in [6.45, 7) is 1.67. The molecule has 0 aromatic carbocycles. The molecule has 2 N–H and O–H groups in total. The zero-order valence-corrected chi connectivity index (χ0v) is 9.86. The number of pyridine rings is 1. The summed E-state index contributed by atoms with van der Waals surface area (Å²) in [4.78, 5) is 26.0. The molecule has 0 spiro atoms. The van der Waals surface area contributed by atoms with E-state index in [1.807, 2.05) is 5.32 Å². The molecule has 0 bridgehead atoms. The number of carbonyl (C=O) groups excluding carboxylic acids is 1. The summed E-state index contributed by atoms with van der Waals surface area (Å²) in [5, 5.41) is 10.5. The van der Waals surface area contributed by atoms with Gasteiger partial charge in [-0.15, -0.1) is 0 Å². The molecule has 0 aliphatic carbocycles. The minimum atomic E-state index is -4.68. The molecule has 0 aliphatic heterocycles. The number of rotatable bonds is 4. The largest absolute Gasteiger partial charge is 0.480 e. The van der Waals surface area contributed by atoms with E-state index in [1.165, 1.54) is 12.1 Å². The van der Waals surface area contributed by atoms with Gasteiger partial charge >= 0.3 is 12.1 Å². The van der Waals surface area contributed by atoms with E-state index in [9.17, 15) is 22.8 Å². The number of carboxylic acid groups (broad SMARTS) is 1. The summed E-state index contributed by atoms with van der Waals surface area (Å²) in [6.07, 6.45) is -5.15. The molecule has 8 heteroatoms. The van der Waals surface area contributed by atoms with Crippen molar-refractivity contribution >= 4 is 11.9 Å². The van der Waals surface area contributed by atoms with Crippen molar-refractivity contribution in [2.45, 2.75) is 25.6 Å². The molecular formula is C11H11F3N2O3. The number of alkyl halides is 3. The molecule has 19 heavy (non-hydrogen) atoms. The van der Waals surface area contributed by atoms with Crippen LogP contribution in [-0.2, 0) is 4.79 Å². The van der Waals surface area contributed by atoms with Gasteiger partial charge in [0, 0.05) is 11.9 Å². The van der Waals surface area contributed by atoms with Crippen molar-refractivity contribution in [2.24, 2.45) is 0 Å². The van der Waals surface area contributed by atoms with Crippen LogP contribution in [0.4, 0.5) is 13.2 Å². The maximum absolute atomic E-state index is 12.1. The maximum Gasteiger partial charge on any atom is 0.391 e. The van der Waals surface area contributed by atoms with Crippen molar-refractivity contribution < 1.29 is 27.9 Å². The second-order valence-corrected chi connectivity index (χ2v) is 3.87. The Morgan fingerprint density at radius 3 is 2.47 bits per heavy atom. The normalized spacial score (nSPS) is 12.8. The second kappa shape index (κ2) is 5.68. The van der Waals surface area contributed by atoms with Crippen LogP contribution in [0.15, 0.2) is 18.3 Å². The number of carboxylic acids is 1. The standard InChI is InChI=1S/C11H11F3N2O3/c1-6-2-3-7(5-15-6)9(17)16-8(10(18)19)4-11(12,13)14/h2-3,5,8H,4H2,1H3,(H,16,17)(H,18,19). The fraction of sp³-hybridized carbons (Fsp3) is 0.364. The van der Waals surface area contributed by atoms with Gasteiger partial charge in [-0.25, -0.2) is 4.79 Å². The van der Waals surface area contributed by atoms with Gasteiger partial charge in [0.25, 0.3) is 5.91 Å². The lowest BCUT2D eigenvalue weighted by Gasteiger charge is -2.16. The fourth-order valence-corrected chi connectivity index (χ4v) is 1.28. The van der Waals surface area contributed by atoms with Gasteiger partial charge in [-0.2, -0.15) is 13.2 Å². The van der Waals surface area contributed by atoms with Crippen molar-refractivity contribution in [3.8, 4) is 0 Å². The Labute approximate surface area is 106 Å². The highest BCUT2D eigenvalue weighted by atomic mass is 19.4. The molecule has 0 aliphatic rings. The molecule has 1 aromatic rings. The molecule has 5 nitrogen and oxygen atoms in total. The maximum atomic E-state index is 12.1. The molecule has 1 heterocycles. The van der Waals surface area contributed by atoms with Crippen LogP contribution in [0.25, 0.3) is 0 Å². The minimum absolute atomic E-state index is 0.000903. The van der Waals surface area contributed by atoms with Crippen LogP contribution in [0.2, 0.25) is 0 Å². The predicted molar refractivity (Wildman–Crippen MR) is 58.5 cm³/mol. The number of carbonyl (C=O) groups is 2. The molecule has 0 saturated heterocycles. The predicted octanol–water partition coefficient (Wildman–Crippen LogP) is 1.53. The van der Waals surface area contributed by atoms with E-state index in [4.69, 9.17) is 5.11 Å². The van der Waals surface area contributed by atoms with Gasteiger partial charge < -0.3 is 10.4 Å². The van der Waals surface area contributed by atoms with E-state index >= 15 is 0 Å². The van der Waals surface area contributed by atoms with Crippen LogP contribution in [0, 0.1) is 6.92 Å². The third-order valence-corrected chi connectivity index (χ3v) is 2.21. The van der Waals surface area contributed by atoms with Gasteiger partial charge in [0.1, 0.15) is 6.04 Å². The smallest absolute Gasteiger partial charge is 0.391 e. The minimum Gasteiger partial charge on any atom is -0.480 e. The van der Waals surface area contributed by atoms with E-state index in [1.54, 1.807) is 6.92 Å². The van der Waals surface area contributed by atoms with Gasteiger partial charge in [-0.05, 0) is 19.1 Å². The summed E-state index contributed by atoms with van der Waals surface area (Å²) in [6, 6.07) is 0.826. The number of nitrogens with zero attached hydrogens (tertiary/aromatic N) is 1. The van der Waals surface area contributed by atoms with Crippen LogP contribution in [0.3, 0.4) is 0 Å². The Morgan fingerprint density at radius 2 is 2.05 bits per heavy atom. The van der Waals surface area contributed by atoms with Gasteiger partial charge in [0.05, 0.1) is 12.0 Å². The lowest BCUT2D eigenvalue weighted by atomic mass is 10.1. The summed E-state index contributed by atoms with van der Waals surface area (Å²) >= 11 is 0. The number of nitrogens with one attached hydrogen (secondary N) is 1. The molecule has 0 saturated carbocycles. The van der Waals surface area contributed by atoms with Crippen LogP contribution >= 0.6 is 0 Å². The second-order valence-electron chi connectivity index (χ2n) is 3.87. The van der Waals surface area contributed by atoms with E-state index < -0.39 is 30.5 Å². The Morgan fingerprint density at radius 1 is 1.42 bits per heavy atom. The van der Waals surface area contributed by atoms with E-state index in [0.717, 1.165) is 6.20 Å². The topological polar surface area (TPSA) is 79.3 Å². The van der Waals surface area contributed by atoms with E-state index in [0.29, 0.717) is 5.69 Å². The summed E-state index contributed by atoms with van der Waals surface area (Å²) < 4.78 is 36.4. The molecule has 1 aromatic heterocycles. The Balaban J connectivity index is 2.77. The van der Waals surface area contributed by atoms with Crippen molar-refractivity contribution in [1.82, 2.24) is 10.3 Å². The first-order valence-corrected chi connectivity index (χ1v) is 5.22. The van der Waals surface area contributed by atoms with Gasteiger partial charge in [-0.3, -0.25) is 9.78 Å². The monoisotopic (exact) mass is 276 g/mol. The molecule has 1 amide bonds. The lowest BCUT2D eigenvalue weighted by molar-refractivity contribution is -0.157. The highest BCUT2D eigenvalue weighted by molar-refractivity contribution is 5.96. The van der Waals surface area contributed by atoms with E-state index in [-0.39, 0.29) is 5.56 Å². The number of hydrogen-bond donors (Lipinski definition) is 2. The first-order valence-electron chi connectivity index (χ1n) is 5.22. The zero-order valence-electron chi connectivity index (χ0n) is 9.86. The number of aryl methyl sites for hydroxylation is 1. The van der Waals surface area contributed by atoms with Crippen molar-refractivity contribution in [2.75, 3.05) is 0 Å². The quantitative estimate of drug-likeness (QED) is 0.874. The molecule has 0 fully saturated rings. The Bertz CT molecular complexity index is 471. The first kappa shape index (κ1) is 14.9. The third-order valence-electron chi connectivity index (χ3n) is 2.21. The summed E-state index contributed by atoms with van der Waals surface area (Å²) in [7, 11) is 0. The van der Waals surface area contributed by atoms with Gasteiger partial charge in [-0.1, -0.05) is 0 Å². The average molecular weight is 276 g/mol. The lowest BCUT2D eigenvalue weighted by Crippen LogP contribution is -2.43. The van der Waals surface area contributed by atoms with Crippen LogP contribution in [0.1, 0.15) is 22.5 Å². The summed E-state index contributed by atoms with van der Waals surface area (Å²) in [5.41, 5.74) is 0.626. The molecule has 1 rings (SSSR count). The molecule has 0 radical (unpaired) electrons. The first-order chi connectivity index (χ1) is 8.69. The average Bonchev–Trinajstić information content (AvgIpc) is 2.27. The van der Waals surface area contributed by atoms with E-state index in [2.05, 4.69) is 4.98 Å². The van der Waals surface area contributed by atoms with Crippen LogP contribution in [-0.4, -0.2) is 34.2 Å². The van der Waals surface area contributed by atoms with Gasteiger partial charge in [0.2, 0.25) is 0 Å². The number of aliphatic carboxylic acids is 1. The van der Waals surface area contributed by atoms with Crippen molar-refractivity contribution in [3.05, 3.63) is 29.6 Å². The molecule has 1 atom stereocenters. The highest BCUT2D eigenvalue weighted by Crippen LogP contribution is 2.21. The van der Waals surface area contributed by atoms with Crippen LogP contribution < -0.4 is 5.32 Å². The van der Waals surface area contributed by atoms with Crippen LogP contribution in [0.5, 0.6) is 0 Å². The van der Waals surface area contributed by atoms with Gasteiger partial charge in [0.15, 0.2) is 0 Å². The zero-order chi connectivity index (χ0) is 14.6. The third kappa shape index (κ3) is 4.94. The Kier molecular flexibility index (Phi) is 4.47. The summed E-state index contributed by atoms with van der Waals surface area (Å²) in [5.74, 6) is -2.66. The fourth-order valence-electron chi connectivity index (χ4n) is 1.28. The van der Waals surface area contributed by atoms with Crippen molar-refractivity contribution in [1.29, 1.82) is 0 Å². The molecular weight excluding hydrogens is 265 g/mol. The Hall–Kier alpha value is -2.12. The van der Waals surface area contributed by atoms with Crippen molar-refractivity contribution in [3.63, 3.8) is 0 Å². The molecule has 104 valence electrons.